The van der Waals surface area contributed by atoms with Gasteiger partial charge < -0.3 is 15.5 Å². The van der Waals surface area contributed by atoms with E-state index in [1.54, 1.807) is 23.1 Å². The normalized spacial score (nSPS) is 16.7. The van der Waals surface area contributed by atoms with E-state index < -0.39 is 17.6 Å². The zero-order valence-electron chi connectivity index (χ0n) is 18.2. The van der Waals surface area contributed by atoms with Gasteiger partial charge in [-0.15, -0.1) is 0 Å². The number of halogens is 3. The predicted octanol–water partition coefficient (Wildman–Crippen LogP) is 4.93. The van der Waals surface area contributed by atoms with Crippen molar-refractivity contribution in [3.8, 4) is 0 Å². The van der Waals surface area contributed by atoms with Crippen LogP contribution in [0.3, 0.4) is 0 Å². The second-order valence-corrected chi connectivity index (χ2v) is 8.35. The lowest BCUT2D eigenvalue weighted by molar-refractivity contribution is -0.138. The van der Waals surface area contributed by atoms with Crippen molar-refractivity contribution in [1.82, 2.24) is 15.5 Å². The lowest BCUT2D eigenvalue weighted by atomic mass is 9.89. The van der Waals surface area contributed by atoms with Crippen LogP contribution in [0.15, 0.2) is 48.5 Å². The Balaban J connectivity index is 1.67. The number of benzene rings is 2. The van der Waals surface area contributed by atoms with E-state index in [4.69, 9.17) is 0 Å². The summed E-state index contributed by atoms with van der Waals surface area (Å²) in [5.41, 5.74) is 0.589. The molecule has 1 aliphatic rings. The van der Waals surface area contributed by atoms with Crippen LogP contribution in [0.25, 0.3) is 0 Å². The number of piperidine rings is 1. The Labute approximate surface area is 186 Å². The van der Waals surface area contributed by atoms with Gasteiger partial charge in [0.25, 0.3) is 5.91 Å². The minimum Gasteiger partial charge on any atom is -0.348 e. The molecule has 1 aliphatic heterocycles. The summed E-state index contributed by atoms with van der Waals surface area (Å²) in [5.74, 6) is -0.339. The second-order valence-electron chi connectivity index (χ2n) is 8.35. The molecular formula is C24H28F3N3O2. The molecule has 8 heteroatoms. The second kappa shape index (κ2) is 10.1. The highest BCUT2D eigenvalue weighted by atomic mass is 19.4. The summed E-state index contributed by atoms with van der Waals surface area (Å²) in [5, 5.41) is 5.50. The van der Waals surface area contributed by atoms with Crippen molar-refractivity contribution >= 4 is 11.9 Å². The summed E-state index contributed by atoms with van der Waals surface area (Å²) in [7, 11) is 0. The number of rotatable bonds is 5. The number of carbonyl (C=O) groups excluding carboxylic acids is 2. The molecule has 2 N–H and O–H groups in total. The molecule has 0 radical (unpaired) electrons. The number of amides is 3. The largest absolute Gasteiger partial charge is 0.416 e. The van der Waals surface area contributed by atoms with Crippen LogP contribution < -0.4 is 10.6 Å². The standard InChI is InChI=1S/C24H28F3N3O2/c1-16(2)29-23(32)30-12-6-10-20(15-30)17-8-5-9-18(13-17)22(31)28-14-19-7-3-4-11-21(19)24(25,26)27/h3-5,7-9,11,13,16,20H,6,10,12,14-15H2,1-2H3,(H,28,31)(H,29,32). The van der Waals surface area contributed by atoms with E-state index in [0.717, 1.165) is 24.5 Å². The van der Waals surface area contributed by atoms with Crippen molar-refractivity contribution in [2.45, 2.75) is 51.4 Å². The fraction of sp³-hybridized carbons (Fsp3) is 0.417. The van der Waals surface area contributed by atoms with Crippen molar-refractivity contribution < 1.29 is 22.8 Å². The van der Waals surface area contributed by atoms with Crippen LogP contribution in [-0.2, 0) is 12.7 Å². The highest BCUT2D eigenvalue weighted by molar-refractivity contribution is 5.94. The van der Waals surface area contributed by atoms with Crippen molar-refractivity contribution in [1.29, 1.82) is 0 Å². The van der Waals surface area contributed by atoms with Crippen LogP contribution in [-0.4, -0.2) is 36.0 Å². The fourth-order valence-corrected chi connectivity index (χ4v) is 3.93. The van der Waals surface area contributed by atoms with Gasteiger partial charge in [0.05, 0.1) is 5.56 Å². The van der Waals surface area contributed by atoms with E-state index in [9.17, 15) is 22.8 Å². The van der Waals surface area contributed by atoms with Gasteiger partial charge in [-0.25, -0.2) is 4.79 Å². The number of alkyl halides is 3. The maximum Gasteiger partial charge on any atom is 0.416 e. The van der Waals surface area contributed by atoms with E-state index in [1.807, 2.05) is 19.9 Å². The Hall–Kier alpha value is -3.03. The van der Waals surface area contributed by atoms with Crippen LogP contribution in [0, 0.1) is 0 Å². The molecule has 32 heavy (non-hydrogen) atoms. The van der Waals surface area contributed by atoms with Crippen LogP contribution in [0.1, 0.15) is 59.7 Å². The third-order valence-corrected chi connectivity index (χ3v) is 5.50. The summed E-state index contributed by atoms with van der Waals surface area (Å²) in [6.07, 6.45) is -2.72. The van der Waals surface area contributed by atoms with E-state index >= 15 is 0 Å². The van der Waals surface area contributed by atoms with Crippen LogP contribution >= 0.6 is 0 Å². The summed E-state index contributed by atoms with van der Waals surface area (Å²) in [6.45, 7) is 4.85. The van der Waals surface area contributed by atoms with E-state index in [1.165, 1.54) is 18.2 Å². The molecule has 0 aromatic heterocycles. The minimum absolute atomic E-state index is 0.0172. The van der Waals surface area contributed by atoms with Gasteiger partial charge in [0, 0.05) is 37.2 Å². The van der Waals surface area contributed by atoms with E-state index in [-0.39, 0.29) is 30.1 Å². The molecule has 0 bridgehead atoms. The maximum absolute atomic E-state index is 13.2. The zero-order chi connectivity index (χ0) is 23.3. The van der Waals surface area contributed by atoms with Crippen molar-refractivity contribution in [2.75, 3.05) is 13.1 Å². The molecule has 1 fully saturated rings. The molecular weight excluding hydrogens is 419 g/mol. The van der Waals surface area contributed by atoms with Crippen molar-refractivity contribution in [3.63, 3.8) is 0 Å². The Morgan fingerprint density at radius 2 is 1.88 bits per heavy atom. The maximum atomic E-state index is 13.2. The molecule has 3 rings (SSSR count). The first-order valence-electron chi connectivity index (χ1n) is 10.7. The lowest BCUT2D eigenvalue weighted by Crippen LogP contribution is -2.47. The number of carbonyl (C=O) groups is 2. The number of urea groups is 1. The SMILES string of the molecule is CC(C)NC(=O)N1CCCC(c2cccc(C(=O)NCc3ccccc3C(F)(F)F)c2)C1. The number of likely N-dealkylation sites (tertiary alicyclic amines) is 1. The van der Waals surface area contributed by atoms with Crippen LogP contribution in [0.2, 0.25) is 0 Å². The van der Waals surface area contributed by atoms with Crippen molar-refractivity contribution in [3.05, 3.63) is 70.8 Å². The molecule has 1 saturated heterocycles. The topological polar surface area (TPSA) is 61.4 Å². The summed E-state index contributed by atoms with van der Waals surface area (Å²) >= 11 is 0. The smallest absolute Gasteiger partial charge is 0.348 e. The number of hydrogen-bond donors (Lipinski definition) is 2. The molecule has 172 valence electrons. The van der Waals surface area contributed by atoms with Gasteiger partial charge in [0.15, 0.2) is 0 Å². The molecule has 1 atom stereocenters. The minimum atomic E-state index is -4.48. The van der Waals surface area contributed by atoms with Gasteiger partial charge in [0.2, 0.25) is 0 Å². The van der Waals surface area contributed by atoms with Gasteiger partial charge in [-0.3, -0.25) is 4.79 Å². The summed E-state index contributed by atoms with van der Waals surface area (Å²) in [4.78, 5) is 26.8. The Kier molecular flexibility index (Phi) is 7.43. The van der Waals surface area contributed by atoms with Crippen molar-refractivity contribution in [2.24, 2.45) is 0 Å². The van der Waals surface area contributed by atoms with Crippen LogP contribution in [0.4, 0.5) is 18.0 Å². The Bertz CT molecular complexity index is 960. The monoisotopic (exact) mass is 447 g/mol. The Morgan fingerprint density at radius 3 is 2.59 bits per heavy atom. The molecule has 0 saturated carbocycles. The highest BCUT2D eigenvalue weighted by Crippen LogP contribution is 2.32. The van der Waals surface area contributed by atoms with E-state index in [2.05, 4.69) is 10.6 Å². The van der Waals surface area contributed by atoms with Crippen LogP contribution in [0.5, 0.6) is 0 Å². The van der Waals surface area contributed by atoms with Gasteiger partial charge in [-0.05, 0) is 56.0 Å². The predicted molar refractivity (Wildman–Crippen MR) is 116 cm³/mol. The molecule has 0 spiro atoms. The fourth-order valence-electron chi connectivity index (χ4n) is 3.93. The number of nitrogens with zero attached hydrogens (tertiary/aromatic N) is 1. The average Bonchev–Trinajstić information content (AvgIpc) is 2.77. The third-order valence-electron chi connectivity index (χ3n) is 5.50. The molecule has 1 heterocycles. The van der Waals surface area contributed by atoms with Gasteiger partial charge in [0.1, 0.15) is 0 Å². The summed E-state index contributed by atoms with van der Waals surface area (Å²) in [6, 6.07) is 12.3. The highest BCUT2D eigenvalue weighted by Gasteiger charge is 2.33. The lowest BCUT2D eigenvalue weighted by Gasteiger charge is -2.33. The molecule has 2 aromatic carbocycles. The average molecular weight is 448 g/mol. The molecule has 2 aromatic rings. The molecule has 1 unspecified atom stereocenters. The first-order valence-corrected chi connectivity index (χ1v) is 10.7. The van der Waals surface area contributed by atoms with E-state index in [0.29, 0.717) is 18.7 Å². The molecule has 5 nitrogen and oxygen atoms in total. The quantitative estimate of drug-likeness (QED) is 0.683. The summed E-state index contributed by atoms with van der Waals surface area (Å²) < 4.78 is 39.5. The first kappa shape index (κ1) is 23.6. The van der Waals surface area contributed by atoms with Gasteiger partial charge in [-0.1, -0.05) is 30.3 Å². The Morgan fingerprint density at radius 1 is 1.12 bits per heavy atom. The third kappa shape index (κ3) is 6.02. The first-order chi connectivity index (χ1) is 15.1. The number of nitrogens with one attached hydrogen (secondary N) is 2. The van der Waals surface area contributed by atoms with Gasteiger partial charge in [-0.2, -0.15) is 13.2 Å². The molecule has 3 amide bonds. The number of hydrogen-bond acceptors (Lipinski definition) is 2. The molecule has 0 aliphatic carbocycles. The van der Waals surface area contributed by atoms with Gasteiger partial charge >= 0.3 is 12.2 Å². The zero-order valence-corrected chi connectivity index (χ0v) is 18.2.